The maximum absolute atomic E-state index is 13.4. The highest BCUT2D eigenvalue weighted by Crippen LogP contribution is 2.31. The Kier molecular flexibility index (Phi) is 6.06. The number of pyridine rings is 2. The third kappa shape index (κ3) is 3.95. The standard InChI is InChI=1S/C21H27N3O3/c1-15-13-16(2)23(11-12-27-3)20(25)19(15)21(26)24-10-5-4-8-18(24)17-7-6-9-22-14-17/h6-7,9,13-14,18H,4-5,8,10-12H2,1-3H3. The van der Waals surface area contributed by atoms with Crippen molar-refractivity contribution < 1.29 is 9.53 Å². The van der Waals surface area contributed by atoms with E-state index < -0.39 is 0 Å². The molecule has 6 nitrogen and oxygen atoms in total. The largest absolute Gasteiger partial charge is 0.383 e. The summed E-state index contributed by atoms with van der Waals surface area (Å²) in [6.07, 6.45) is 6.45. The third-order valence-corrected chi connectivity index (χ3v) is 5.27. The molecule has 1 atom stereocenters. The topological polar surface area (TPSA) is 64.4 Å². The zero-order chi connectivity index (χ0) is 19.4. The van der Waals surface area contributed by atoms with Crippen molar-refractivity contribution in [2.45, 2.75) is 45.7 Å². The highest BCUT2D eigenvalue weighted by molar-refractivity contribution is 5.95. The lowest BCUT2D eigenvalue weighted by molar-refractivity contribution is 0.0607. The zero-order valence-electron chi connectivity index (χ0n) is 16.3. The van der Waals surface area contributed by atoms with Crippen molar-refractivity contribution in [2.75, 3.05) is 20.3 Å². The minimum atomic E-state index is -0.231. The fourth-order valence-corrected chi connectivity index (χ4v) is 3.89. The molecular weight excluding hydrogens is 342 g/mol. The van der Waals surface area contributed by atoms with Gasteiger partial charge in [0, 0.05) is 38.3 Å². The lowest BCUT2D eigenvalue weighted by Crippen LogP contribution is -2.42. The van der Waals surface area contributed by atoms with Gasteiger partial charge in [-0.1, -0.05) is 6.07 Å². The van der Waals surface area contributed by atoms with Crippen LogP contribution in [0.4, 0.5) is 0 Å². The first-order valence-corrected chi connectivity index (χ1v) is 9.45. The van der Waals surface area contributed by atoms with Gasteiger partial charge in [-0.05, 0) is 56.4 Å². The molecule has 0 aliphatic carbocycles. The SMILES string of the molecule is COCCn1c(C)cc(C)c(C(=O)N2CCCCC2c2cccnc2)c1=O. The van der Waals surface area contributed by atoms with Crippen LogP contribution in [0.2, 0.25) is 0 Å². The second-order valence-corrected chi connectivity index (χ2v) is 7.09. The number of aryl methyl sites for hydroxylation is 2. The van der Waals surface area contributed by atoms with Gasteiger partial charge in [-0.2, -0.15) is 0 Å². The summed E-state index contributed by atoms with van der Waals surface area (Å²) in [6.45, 7) is 5.25. The minimum Gasteiger partial charge on any atom is -0.383 e. The van der Waals surface area contributed by atoms with Crippen LogP contribution in [0.25, 0.3) is 0 Å². The van der Waals surface area contributed by atoms with Crippen molar-refractivity contribution in [3.8, 4) is 0 Å². The Morgan fingerprint density at radius 1 is 1.33 bits per heavy atom. The fraction of sp³-hybridized carbons (Fsp3) is 0.476. The number of carbonyl (C=O) groups is 1. The highest BCUT2D eigenvalue weighted by Gasteiger charge is 2.31. The van der Waals surface area contributed by atoms with Crippen LogP contribution >= 0.6 is 0 Å². The summed E-state index contributed by atoms with van der Waals surface area (Å²) in [5.74, 6) is -0.183. The number of ether oxygens (including phenoxy) is 1. The summed E-state index contributed by atoms with van der Waals surface area (Å²) in [6, 6.07) is 5.77. The van der Waals surface area contributed by atoms with Crippen LogP contribution in [0.15, 0.2) is 35.4 Å². The Morgan fingerprint density at radius 3 is 2.85 bits per heavy atom. The fourth-order valence-electron chi connectivity index (χ4n) is 3.89. The van der Waals surface area contributed by atoms with Crippen LogP contribution in [0, 0.1) is 13.8 Å². The first-order valence-electron chi connectivity index (χ1n) is 9.45. The van der Waals surface area contributed by atoms with Crippen LogP contribution in [0.5, 0.6) is 0 Å². The molecular formula is C21H27N3O3. The van der Waals surface area contributed by atoms with Crippen LogP contribution in [-0.2, 0) is 11.3 Å². The van der Waals surface area contributed by atoms with Crippen molar-refractivity contribution in [1.29, 1.82) is 0 Å². The van der Waals surface area contributed by atoms with E-state index in [1.807, 2.05) is 43.1 Å². The molecule has 1 unspecified atom stereocenters. The van der Waals surface area contributed by atoms with Crippen molar-refractivity contribution in [3.05, 3.63) is 63.3 Å². The lowest BCUT2D eigenvalue weighted by atomic mass is 9.95. The van der Waals surface area contributed by atoms with Gasteiger partial charge in [-0.15, -0.1) is 0 Å². The van der Waals surface area contributed by atoms with Gasteiger partial charge in [-0.25, -0.2) is 0 Å². The molecule has 0 saturated carbocycles. The number of piperidine rings is 1. The number of amides is 1. The van der Waals surface area contributed by atoms with E-state index in [2.05, 4.69) is 4.98 Å². The van der Waals surface area contributed by atoms with E-state index in [1.165, 1.54) is 0 Å². The first-order chi connectivity index (χ1) is 13.0. The number of rotatable bonds is 5. The summed E-state index contributed by atoms with van der Waals surface area (Å²) < 4.78 is 6.75. The van der Waals surface area contributed by atoms with Gasteiger partial charge in [0.05, 0.1) is 12.6 Å². The Labute approximate surface area is 159 Å². The number of nitrogens with zero attached hydrogens (tertiary/aromatic N) is 3. The normalized spacial score (nSPS) is 17.1. The average Bonchev–Trinajstić information content (AvgIpc) is 2.68. The number of methoxy groups -OCH3 is 1. The van der Waals surface area contributed by atoms with Gasteiger partial charge >= 0.3 is 0 Å². The summed E-state index contributed by atoms with van der Waals surface area (Å²) in [7, 11) is 1.60. The smallest absolute Gasteiger partial charge is 0.263 e. The molecule has 1 aliphatic heterocycles. The molecule has 0 N–H and O–H groups in total. The number of carbonyl (C=O) groups excluding carboxylic acids is 1. The molecule has 27 heavy (non-hydrogen) atoms. The molecule has 1 aliphatic rings. The second kappa shape index (κ2) is 8.48. The van der Waals surface area contributed by atoms with Crippen LogP contribution < -0.4 is 5.56 Å². The van der Waals surface area contributed by atoms with Gasteiger partial charge in [0.1, 0.15) is 5.56 Å². The molecule has 0 aromatic carbocycles. The summed E-state index contributed by atoms with van der Waals surface area (Å²) in [5.41, 5.74) is 2.63. The van der Waals surface area contributed by atoms with Crippen molar-refractivity contribution in [2.24, 2.45) is 0 Å². The predicted molar refractivity (Wildman–Crippen MR) is 104 cm³/mol. The van der Waals surface area contributed by atoms with Crippen LogP contribution in [0.3, 0.4) is 0 Å². The Bertz CT molecular complexity index is 861. The minimum absolute atomic E-state index is 0.0347. The maximum Gasteiger partial charge on any atom is 0.263 e. The maximum atomic E-state index is 13.4. The van der Waals surface area contributed by atoms with E-state index >= 15 is 0 Å². The Balaban J connectivity index is 2.00. The number of hydrogen-bond acceptors (Lipinski definition) is 4. The summed E-state index contributed by atoms with van der Waals surface area (Å²) in [5, 5.41) is 0. The van der Waals surface area contributed by atoms with E-state index in [0.717, 1.165) is 36.1 Å². The number of hydrogen-bond donors (Lipinski definition) is 0. The van der Waals surface area contributed by atoms with Gasteiger partial charge < -0.3 is 14.2 Å². The molecule has 0 radical (unpaired) electrons. The summed E-state index contributed by atoms with van der Waals surface area (Å²) >= 11 is 0. The Hall–Kier alpha value is -2.47. The molecule has 2 aromatic rings. The summed E-state index contributed by atoms with van der Waals surface area (Å²) in [4.78, 5) is 32.6. The van der Waals surface area contributed by atoms with E-state index in [-0.39, 0.29) is 23.1 Å². The molecule has 0 spiro atoms. The van der Waals surface area contributed by atoms with E-state index in [0.29, 0.717) is 19.7 Å². The molecule has 1 amide bonds. The molecule has 1 saturated heterocycles. The van der Waals surface area contributed by atoms with E-state index in [9.17, 15) is 9.59 Å². The predicted octanol–water partition coefficient (Wildman–Crippen LogP) is 2.87. The average molecular weight is 369 g/mol. The molecule has 3 rings (SSSR count). The second-order valence-electron chi connectivity index (χ2n) is 7.09. The Morgan fingerprint density at radius 2 is 2.15 bits per heavy atom. The van der Waals surface area contributed by atoms with Crippen LogP contribution in [0.1, 0.15) is 52.5 Å². The van der Waals surface area contributed by atoms with Crippen molar-refractivity contribution in [3.63, 3.8) is 0 Å². The van der Waals surface area contributed by atoms with Crippen LogP contribution in [-0.4, -0.2) is 40.6 Å². The molecule has 1 fully saturated rings. The zero-order valence-corrected chi connectivity index (χ0v) is 16.3. The van der Waals surface area contributed by atoms with Gasteiger partial charge in [0.15, 0.2) is 0 Å². The van der Waals surface area contributed by atoms with Crippen molar-refractivity contribution >= 4 is 5.91 Å². The lowest BCUT2D eigenvalue weighted by Gasteiger charge is -2.36. The van der Waals surface area contributed by atoms with Gasteiger partial charge in [0.25, 0.3) is 11.5 Å². The number of likely N-dealkylation sites (tertiary alicyclic amines) is 1. The quantitative estimate of drug-likeness (QED) is 0.813. The van der Waals surface area contributed by atoms with E-state index in [1.54, 1.807) is 17.9 Å². The van der Waals surface area contributed by atoms with E-state index in [4.69, 9.17) is 4.74 Å². The molecule has 6 heteroatoms. The molecule has 0 bridgehead atoms. The molecule has 144 valence electrons. The monoisotopic (exact) mass is 369 g/mol. The third-order valence-electron chi connectivity index (χ3n) is 5.27. The number of aromatic nitrogens is 2. The highest BCUT2D eigenvalue weighted by atomic mass is 16.5. The first kappa shape index (κ1) is 19.3. The van der Waals surface area contributed by atoms with Gasteiger partial charge in [0.2, 0.25) is 0 Å². The van der Waals surface area contributed by atoms with Crippen molar-refractivity contribution in [1.82, 2.24) is 14.5 Å². The molecule has 2 aromatic heterocycles. The molecule has 3 heterocycles. The van der Waals surface area contributed by atoms with Gasteiger partial charge in [-0.3, -0.25) is 14.6 Å².